The number of rotatable bonds is 4. The summed E-state index contributed by atoms with van der Waals surface area (Å²) >= 11 is 6.68. The standard InChI is InChI=1S/C13H13N3OS2/c17-12(9-2-1-5-14-13(9)18)15-6-11-16-10(7-19-11)8-3-4-8/h1-2,5,7-8H,3-4,6H2,(H,14,18)(H,15,17). The third-order valence-electron chi connectivity index (χ3n) is 3.03. The maximum atomic E-state index is 12.0. The Morgan fingerprint density at radius 2 is 2.42 bits per heavy atom. The second-order valence-electron chi connectivity index (χ2n) is 4.54. The molecule has 0 radical (unpaired) electrons. The van der Waals surface area contributed by atoms with Crippen LogP contribution in [-0.2, 0) is 6.54 Å². The molecule has 1 fully saturated rings. The number of aromatic amines is 1. The van der Waals surface area contributed by atoms with E-state index in [9.17, 15) is 4.79 Å². The van der Waals surface area contributed by atoms with E-state index in [-0.39, 0.29) is 5.91 Å². The number of pyridine rings is 1. The van der Waals surface area contributed by atoms with Gasteiger partial charge in [0.2, 0.25) is 0 Å². The van der Waals surface area contributed by atoms with E-state index in [1.54, 1.807) is 29.7 Å². The molecule has 2 heterocycles. The fraction of sp³-hybridized carbons (Fsp3) is 0.308. The lowest BCUT2D eigenvalue weighted by molar-refractivity contribution is 0.0950. The number of carbonyl (C=O) groups is 1. The summed E-state index contributed by atoms with van der Waals surface area (Å²) in [7, 11) is 0. The summed E-state index contributed by atoms with van der Waals surface area (Å²) in [5.74, 6) is 0.494. The summed E-state index contributed by atoms with van der Waals surface area (Å²) in [5, 5.41) is 5.89. The van der Waals surface area contributed by atoms with Crippen LogP contribution in [0.3, 0.4) is 0 Å². The van der Waals surface area contributed by atoms with E-state index in [0.29, 0.717) is 22.7 Å². The van der Waals surface area contributed by atoms with Gasteiger partial charge in [0.05, 0.1) is 17.8 Å². The highest BCUT2D eigenvalue weighted by molar-refractivity contribution is 7.71. The normalized spacial score (nSPS) is 14.3. The molecule has 0 saturated heterocycles. The van der Waals surface area contributed by atoms with E-state index in [1.165, 1.54) is 18.5 Å². The lowest BCUT2D eigenvalue weighted by Gasteiger charge is -2.02. The number of hydrogen-bond acceptors (Lipinski definition) is 4. The van der Waals surface area contributed by atoms with Gasteiger partial charge in [0.1, 0.15) is 9.65 Å². The molecule has 6 heteroatoms. The van der Waals surface area contributed by atoms with E-state index in [0.717, 1.165) is 5.01 Å². The largest absolute Gasteiger partial charge is 0.352 e. The Labute approximate surface area is 119 Å². The molecule has 0 aliphatic heterocycles. The van der Waals surface area contributed by atoms with Gasteiger partial charge in [0.15, 0.2) is 0 Å². The zero-order valence-corrected chi connectivity index (χ0v) is 11.8. The molecule has 3 rings (SSSR count). The number of H-pyrrole nitrogens is 1. The van der Waals surface area contributed by atoms with Gasteiger partial charge in [-0.15, -0.1) is 11.3 Å². The van der Waals surface area contributed by atoms with Crippen LogP contribution in [0.15, 0.2) is 23.7 Å². The molecule has 1 aliphatic carbocycles. The van der Waals surface area contributed by atoms with Crippen LogP contribution >= 0.6 is 23.6 Å². The van der Waals surface area contributed by atoms with Crippen LogP contribution in [0.4, 0.5) is 0 Å². The van der Waals surface area contributed by atoms with E-state index < -0.39 is 0 Å². The van der Waals surface area contributed by atoms with Gasteiger partial charge in [-0.25, -0.2) is 4.98 Å². The van der Waals surface area contributed by atoms with E-state index >= 15 is 0 Å². The second-order valence-corrected chi connectivity index (χ2v) is 5.89. The molecule has 0 bridgehead atoms. The minimum atomic E-state index is -0.162. The van der Waals surface area contributed by atoms with Gasteiger partial charge >= 0.3 is 0 Å². The number of nitrogens with zero attached hydrogens (tertiary/aromatic N) is 1. The van der Waals surface area contributed by atoms with Crippen molar-refractivity contribution in [1.29, 1.82) is 0 Å². The predicted octanol–water partition coefficient (Wildman–Crippen LogP) is 3.01. The van der Waals surface area contributed by atoms with Crippen molar-refractivity contribution in [1.82, 2.24) is 15.3 Å². The average Bonchev–Trinajstić information content (AvgIpc) is 3.16. The van der Waals surface area contributed by atoms with Crippen molar-refractivity contribution in [2.24, 2.45) is 0 Å². The van der Waals surface area contributed by atoms with E-state index in [1.807, 2.05) is 0 Å². The van der Waals surface area contributed by atoms with Crippen molar-refractivity contribution in [2.75, 3.05) is 0 Å². The van der Waals surface area contributed by atoms with Crippen molar-refractivity contribution in [3.63, 3.8) is 0 Å². The van der Waals surface area contributed by atoms with Gasteiger partial charge in [-0.05, 0) is 25.0 Å². The number of nitrogens with one attached hydrogen (secondary N) is 2. The molecule has 2 aromatic heterocycles. The van der Waals surface area contributed by atoms with Crippen LogP contribution in [0.5, 0.6) is 0 Å². The number of aromatic nitrogens is 2. The summed E-state index contributed by atoms with van der Waals surface area (Å²) in [5.41, 5.74) is 1.67. The lowest BCUT2D eigenvalue weighted by Crippen LogP contribution is -2.23. The molecule has 0 unspecified atom stereocenters. The summed E-state index contributed by atoms with van der Waals surface area (Å²) in [6.07, 6.45) is 4.20. The first-order valence-electron chi connectivity index (χ1n) is 6.14. The molecule has 0 spiro atoms. The number of hydrogen-bond donors (Lipinski definition) is 2. The molecular formula is C13H13N3OS2. The highest BCUT2D eigenvalue weighted by Gasteiger charge is 2.25. The van der Waals surface area contributed by atoms with Gasteiger partial charge in [-0.1, -0.05) is 12.2 Å². The van der Waals surface area contributed by atoms with E-state index in [2.05, 4.69) is 20.7 Å². The Kier molecular flexibility index (Phi) is 3.44. The first-order valence-corrected chi connectivity index (χ1v) is 7.43. The van der Waals surface area contributed by atoms with Crippen molar-refractivity contribution in [3.05, 3.63) is 44.6 Å². The summed E-state index contributed by atoms with van der Waals surface area (Å²) < 4.78 is 0.456. The Hall–Kier alpha value is -1.53. The van der Waals surface area contributed by atoms with Crippen LogP contribution in [0.25, 0.3) is 0 Å². The van der Waals surface area contributed by atoms with Gasteiger partial charge in [-0.3, -0.25) is 4.79 Å². The summed E-state index contributed by atoms with van der Waals surface area (Å²) in [4.78, 5) is 19.3. The molecule has 1 amide bonds. The lowest BCUT2D eigenvalue weighted by atomic mass is 10.3. The third kappa shape index (κ3) is 2.90. The van der Waals surface area contributed by atoms with Crippen LogP contribution in [0.1, 0.15) is 39.8 Å². The topological polar surface area (TPSA) is 57.8 Å². The molecule has 98 valence electrons. The maximum absolute atomic E-state index is 12.0. The molecule has 0 atom stereocenters. The summed E-state index contributed by atoms with van der Waals surface area (Å²) in [6.45, 7) is 0.458. The van der Waals surface area contributed by atoms with E-state index in [4.69, 9.17) is 12.2 Å². The molecular weight excluding hydrogens is 278 g/mol. The van der Waals surface area contributed by atoms with Crippen LogP contribution in [0, 0.1) is 4.64 Å². The highest BCUT2D eigenvalue weighted by Crippen LogP contribution is 2.40. The minimum Gasteiger partial charge on any atom is -0.352 e. The van der Waals surface area contributed by atoms with Gasteiger partial charge in [-0.2, -0.15) is 0 Å². The zero-order chi connectivity index (χ0) is 13.2. The van der Waals surface area contributed by atoms with Crippen LogP contribution in [0.2, 0.25) is 0 Å². The first-order chi connectivity index (χ1) is 9.24. The van der Waals surface area contributed by atoms with Gasteiger partial charge in [0.25, 0.3) is 5.91 Å². The van der Waals surface area contributed by atoms with Crippen molar-refractivity contribution < 1.29 is 4.79 Å². The number of thiazole rings is 1. The first kappa shape index (κ1) is 12.5. The maximum Gasteiger partial charge on any atom is 0.254 e. The average molecular weight is 291 g/mol. The Morgan fingerprint density at radius 3 is 3.16 bits per heavy atom. The third-order valence-corrected chi connectivity index (χ3v) is 4.23. The predicted molar refractivity (Wildman–Crippen MR) is 76.9 cm³/mol. The van der Waals surface area contributed by atoms with Crippen molar-refractivity contribution in [2.45, 2.75) is 25.3 Å². The molecule has 1 aliphatic rings. The molecule has 2 N–H and O–H groups in total. The fourth-order valence-corrected chi connectivity index (χ4v) is 2.87. The van der Waals surface area contributed by atoms with Gasteiger partial charge < -0.3 is 10.3 Å². The molecule has 4 nitrogen and oxygen atoms in total. The Bertz CT molecular complexity index is 658. The molecule has 1 saturated carbocycles. The minimum absolute atomic E-state index is 0.162. The Morgan fingerprint density at radius 1 is 1.58 bits per heavy atom. The summed E-state index contributed by atoms with van der Waals surface area (Å²) in [6, 6.07) is 3.48. The fourth-order valence-electron chi connectivity index (χ4n) is 1.82. The zero-order valence-electron chi connectivity index (χ0n) is 10.2. The van der Waals surface area contributed by atoms with Crippen LogP contribution in [-0.4, -0.2) is 15.9 Å². The Balaban J connectivity index is 1.63. The van der Waals surface area contributed by atoms with Crippen molar-refractivity contribution >= 4 is 29.5 Å². The number of amides is 1. The quantitative estimate of drug-likeness (QED) is 0.851. The molecule has 2 aromatic rings. The highest BCUT2D eigenvalue weighted by atomic mass is 32.1. The number of carbonyl (C=O) groups excluding carboxylic acids is 1. The van der Waals surface area contributed by atoms with Gasteiger partial charge in [0, 0.05) is 17.5 Å². The smallest absolute Gasteiger partial charge is 0.254 e. The second kappa shape index (κ2) is 5.22. The van der Waals surface area contributed by atoms with Crippen LogP contribution < -0.4 is 5.32 Å². The SMILES string of the molecule is O=C(NCc1nc(C2CC2)cs1)c1ccc[nH]c1=S. The molecule has 19 heavy (non-hydrogen) atoms. The molecule has 0 aromatic carbocycles. The van der Waals surface area contributed by atoms with Crippen molar-refractivity contribution in [3.8, 4) is 0 Å². The monoisotopic (exact) mass is 291 g/mol.